The highest BCUT2D eigenvalue weighted by atomic mass is 35.5. The van der Waals surface area contributed by atoms with E-state index < -0.39 is 17.7 Å². The average molecular weight is 316 g/mol. The lowest BCUT2D eigenvalue weighted by Gasteiger charge is -2.13. The van der Waals surface area contributed by atoms with Crippen molar-refractivity contribution in [3.05, 3.63) is 51.8 Å². The van der Waals surface area contributed by atoms with E-state index >= 15 is 0 Å². The van der Waals surface area contributed by atoms with Crippen molar-refractivity contribution < 1.29 is 13.9 Å². The molecule has 0 bridgehead atoms. The largest absolute Gasteiger partial charge is 0.387 e. The van der Waals surface area contributed by atoms with E-state index in [1.807, 2.05) is 6.92 Å². The minimum absolute atomic E-state index is 0.0536. The first kappa shape index (κ1) is 15.9. The first-order valence-corrected chi connectivity index (χ1v) is 6.79. The molecule has 7 heteroatoms. The van der Waals surface area contributed by atoms with Gasteiger partial charge >= 0.3 is 0 Å². The van der Waals surface area contributed by atoms with E-state index in [0.29, 0.717) is 11.7 Å². The molecule has 0 saturated carbocycles. The van der Waals surface area contributed by atoms with Gasteiger partial charge in [-0.25, -0.2) is 8.78 Å². The van der Waals surface area contributed by atoms with Crippen LogP contribution in [0.4, 0.5) is 8.78 Å². The molecule has 0 aliphatic rings. The van der Waals surface area contributed by atoms with Crippen molar-refractivity contribution in [2.24, 2.45) is 7.05 Å². The fraction of sp³-hybridized carbons (Fsp3) is 0.357. The summed E-state index contributed by atoms with van der Waals surface area (Å²) in [6, 6.07) is 3.10. The van der Waals surface area contributed by atoms with E-state index in [2.05, 4.69) is 10.4 Å². The molecule has 4 nitrogen and oxygen atoms in total. The number of aromatic nitrogens is 2. The predicted molar refractivity (Wildman–Crippen MR) is 76.0 cm³/mol. The van der Waals surface area contributed by atoms with Gasteiger partial charge in [0.2, 0.25) is 0 Å². The molecule has 0 radical (unpaired) electrons. The zero-order chi connectivity index (χ0) is 15.6. The van der Waals surface area contributed by atoms with E-state index in [1.165, 1.54) is 6.07 Å². The summed E-state index contributed by atoms with van der Waals surface area (Å²) in [5.74, 6) is -1.44. The van der Waals surface area contributed by atoms with Crippen LogP contribution >= 0.6 is 11.6 Å². The quantitative estimate of drug-likeness (QED) is 0.891. The van der Waals surface area contributed by atoms with Crippen molar-refractivity contribution in [1.29, 1.82) is 0 Å². The van der Waals surface area contributed by atoms with Gasteiger partial charge in [-0.05, 0) is 13.0 Å². The van der Waals surface area contributed by atoms with Crippen LogP contribution in [0.3, 0.4) is 0 Å². The molecule has 0 aliphatic heterocycles. The molecule has 2 rings (SSSR count). The number of halogens is 3. The zero-order valence-corrected chi connectivity index (χ0v) is 12.5. The lowest BCUT2D eigenvalue weighted by Crippen LogP contribution is -2.22. The third-order valence-electron chi connectivity index (χ3n) is 3.23. The number of aryl methyl sites for hydroxylation is 2. The molecule has 0 spiro atoms. The highest BCUT2D eigenvalue weighted by Crippen LogP contribution is 2.20. The fourth-order valence-corrected chi connectivity index (χ4v) is 2.33. The molecule has 2 N–H and O–H groups in total. The molecular formula is C14H16ClF2N3O. The Morgan fingerprint density at radius 3 is 2.71 bits per heavy atom. The van der Waals surface area contributed by atoms with Crippen LogP contribution in [-0.4, -0.2) is 21.4 Å². The summed E-state index contributed by atoms with van der Waals surface area (Å²) in [6.07, 6.45) is -1.07. The second-order valence-electron chi connectivity index (χ2n) is 4.79. The molecular weight excluding hydrogens is 300 g/mol. The van der Waals surface area contributed by atoms with Gasteiger partial charge in [-0.15, -0.1) is 0 Å². The van der Waals surface area contributed by atoms with Crippen molar-refractivity contribution in [3.63, 3.8) is 0 Å². The van der Waals surface area contributed by atoms with Crippen LogP contribution in [0.1, 0.15) is 22.9 Å². The summed E-state index contributed by atoms with van der Waals surface area (Å²) in [5, 5.41) is 17.6. The maximum atomic E-state index is 13.5. The van der Waals surface area contributed by atoms with Gasteiger partial charge in [-0.3, -0.25) is 4.68 Å². The van der Waals surface area contributed by atoms with Gasteiger partial charge in [0.05, 0.1) is 11.8 Å². The summed E-state index contributed by atoms with van der Waals surface area (Å²) in [6.45, 7) is 2.35. The van der Waals surface area contributed by atoms with E-state index in [1.54, 1.807) is 11.7 Å². The van der Waals surface area contributed by atoms with Crippen molar-refractivity contribution in [1.82, 2.24) is 15.1 Å². The summed E-state index contributed by atoms with van der Waals surface area (Å²) in [5.41, 5.74) is 1.67. The topological polar surface area (TPSA) is 50.1 Å². The standard InChI is InChI=1S/C14H16ClF2N3O/c1-8-11(14(15)20(2)19-8)6-18-7-13(21)10-4-3-9(16)5-12(10)17/h3-5,13,18,21H,6-7H2,1-2H3/t13-/m1/s1. The summed E-state index contributed by atoms with van der Waals surface area (Å²) < 4.78 is 27.9. The molecule has 2 aromatic rings. The Kier molecular flexibility index (Phi) is 4.92. The van der Waals surface area contributed by atoms with E-state index in [9.17, 15) is 13.9 Å². The smallest absolute Gasteiger partial charge is 0.131 e. The zero-order valence-electron chi connectivity index (χ0n) is 11.7. The number of benzene rings is 1. The molecule has 1 aromatic heterocycles. The maximum absolute atomic E-state index is 13.5. The second kappa shape index (κ2) is 6.51. The van der Waals surface area contributed by atoms with Gasteiger partial charge in [-0.1, -0.05) is 17.7 Å². The van der Waals surface area contributed by atoms with Gasteiger partial charge in [0.1, 0.15) is 16.8 Å². The Bertz CT molecular complexity index is 645. The van der Waals surface area contributed by atoms with Crippen LogP contribution in [0.25, 0.3) is 0 Å². The van der Waals surface area contributed by atoms with Crippen molar-refractivity contribution >= 4 is 11.6 Å². The Morgan fingerprint density at radius 2 is 2.14 bits per heavy atom. The van der Waals surface area contributed by atoms with Gasteiger partial charge in [-0.2, -0.15) is 5.10 Å². The fourth-order valence-electron chi connectivity index (χ4n) is 2.09. The Balaban J connectivity index is 1.97. The third kappa shape index (κ3) is 3.58. The Hall–Kier alpha value is -1.50. The van der Waals surface area contributed by atoms with Crippen LogP contribution < -0.4 is 5.32 Å². The molecule has 114 valence electrons. The Labute approximate surface area is 126 Å². The SMILES string of the molecule is Cc1nn(C)c(Cl)c1CNC[C@@H](O)c1ccc(F)cc1F. The molecule has 21 heavy (non-hydrogen) atoms. The average Bonchev–Trinajstić information content (AvgIpc) is 2.64. The van der Waals surface area contributed by atoms with Gasteiger partial charge in [0.25, 0.3) is 0 Å². The van der Waals surface area contributed by atoms with Crippen LogP contribution in [0.2, 0.25) is 5.15 Å². The van der Waals surface area contributed by atoms with Crippen LogP contribution in [0, 0.1) is 18.6 Å². The molecule has 1 atom stereocenters. The number of aliphatic hydroxyl groups is 1. The van der Waals surface area contributed by atoms with Crippen LogP contribution in [-0.2, 0) is 13.6 Å². The van der Waals surface area contributed by atoms with E-state index in [-0.39, 0.29) is 12.1 Å². The predicted octanol–water partition coefficient (Wildman–Crippen LogP) is 2.48. The van der Waals surface area contributed by atoms with E-state index in [0.717, 1.165) is 23.4 Å². The summed E-state index contributed by atoms with van der Waals surface area (Å²) >= 11 is 6.09. The summed E-state index contributed by atoms with van der Waals surface area (Å²) in [7, 11) is 1.74. The third-order valence-corrected chi connectivity index (χ3v) is 3.70. The monoisotopic (exact) mass is 315 g/mol. The second-order valence-corrected chi connectivity index (χ2v) is 5.15. The number of nitrogens with zero attached hydrogens (tertiary/aromatic N) is 2. The number of rotatable bonds is 5. The molecule has 1 aromatic carbocycles. The van der Waals surface area contributed by atoms with E-state index in [4.69, 9.17) is 11.6 Å². The number of hydrogen-bond acceptors (Lipinski definition) is 3. The molecule has 0 amide bonds. The number of nitrogens with one attached hydrogen (secondary N) is 1. The molecule has 0 saturated heterocycles. The molecule has 1 heterocycles. The maximum Gasteiger partial charge on any atom is 0.131 e. The van der Waals surface area contributed by atoms with Crippen LogP contribution in [0.15, 0.2) is 18.2 Å². The van der Waals surface area contributed by atoms with Crippen molar-refractivity contribution in [2.45, 2.75) is 19.6 Å². The highest BCUT2D eigenvalue weighted by molar-refractivity contribution is 6.30. The van der Waals surface area contributed by atoms with Crippen LogP contribution in [0.5, 0.6) is 0 Å². The first-order valence-electron chi connectivity index (χ1n) is 6.42. The Morgan fingerprint density at radius 1 is 1.43 bits per heavy atom. The molecule has 0 unspecified atom stereocenters. The minimum Gasteiger partial charge on any atom is -0.387 e. The molecule has 0 fully saturated rings. The number of hydrogen-bond donors (Lipinski definition) is 2. The highest BCUT2D eigenvalue weighted by Gasteiger charge is 2.15. The normalized spacial score (nSPS) is 12.7. The lowest BCUT2D eigenvalue weighted by atomic mass is 10.1. The molecule has 0 aliphatic carbocycles. The van der Waals surface area contributed by atoms with Gasteiger partial charge in [0.15, 0.2) is 0 Å². The van der Waals surface area contributed by atoms with Gasteiger partial charge in [0, 0.05) is 37.3 Å². The first-order chi connectivity index (χ1) is 9.90. The lowest BCUT2D eigenvalue weighted by molar-refractivity contribution is 0.169. The number of aliphatic hydroxyl groups excluding tert-OH is 1. The van der Waals surface area contributed by atoms with Crippen molar-refractivity contribution in [3.8, 4) is 0 Å². The van der Waals surface area contributed by atoms with Crippen molar-refractivity contribution in [2.75, 3.05) is 6.54 Å². The van der Waals surface area contributed by atoms with Gasteiger partial charge < -0.3 is 10.4 Å². The minimum atomic E-state index is -1.07. The summed E-state index contributed by atoms with van der Waals surface area (Å²) in [4.78, 5) is 0.